The third-order valence-electron chi connectivity index (χ3n) is 4.99. The van der Waals surface area contributed by atoms with Crippen LogP contribution >= 0.6 is 0 Å². The van der Waals surface area contributed by atoms with E-state index in [4.69, 9.17) is 0 Å². The topological polar surface area (TPSA) is 63.4 Å². The number of benzene rings is 1. The molecule has 0 N–H and O–H groups in total. The number of aryl methyl sites for hydroxylation is 3. The van der Waals surface area contributed by atoms with Gasteiger partial charge >= 0.3 is 0 Å². The molecule has 1 atom stereocenters. The maximum Gasteiger partial charge on any atom is 0.266 e. The normalized spacial score (nSPS) is 19.2. The van der Waals surface area contributed by atoms with E-state index in [1.54, 1.807) is 25.1 Å². The van der Waals surface area contributed by atoms with Crippen molar-refractivity contribution in [1.29, 1.82) is 0 Å². The molecule has 6 nitrogen and oxygen atoms in total. The molecular weight excluding hydrogens is 364 g/mol. The minimum absolute atomic E-state index is 0.194. The number of amides is 1. The standard InChI is InChI=1S/C20H21F2N5O/c1-12-4-13(2)6-15(5-12)18(28)26-9-16(8-20(21,22)10-26)17-7-14(3)25-19-23-11-24-27(17)19/h4-7,11,16H,8-10H2,1-3H3. The van der Waals surface area contributed by atoms with Crippen LogP contribution in [-0.2, 0) is 0 Å². The van der Waals surface area contributed by atoms with Crippen LogP contribution in [-0.4, -0.2) is 49.4 Å². The lowest BCUT2D eigenvalue weighted by molar-refractivity contribution is -0.0641. The van der Waals surface area contributed by atoms with Crippen molar-refractivity contribution in [3.8, 4) is 0 Å². The number of aromatic nitrogens is 4. The maximum atomic E-state index is 14.6. The second-order valence-corrected chi connectivity index (χ2v) is 7.61. The molecule has 0 spiro atoms. The Morgan fingerprint density at radius 2 is 1.86 bits per heavy atom. The van der Waals surface area contributed by atoms with Crippen molar-refractivity contribution in [2.45, 2.75) is 39.0 Å². The molecule has 2 aromatic heterocycles. The zero-order valence-corrected chi connectivity index (χ0v) is 16.0. The van der Waals surface area contributed by atoms with Crippen LogP contribution in [0.1, 0.15) is 45.2 Å². The maximum absolute atomic E-state index is 14.6. The summed E-state index contributed by atoms with van der Waals surface area (Å²) in [6.07, 6.45) is 1.01. The smallest absolute Gasteiger partial charge is 0.266 e. The van der Waals surface area contributed by atoms with Crippen LogP contribution in [0.15, 0.2) is 30.6 Å². The van der Waals surface area contributed by atoms with Crippen molar-refractivity contribution in [3.05, 3.63) is 58.7 Å². The molecule has 1 saturated heterocycles. The molecule has 28 heavy (non-hydrogen) atoms. The zero-order valence-electron chi connectivity index (χ0n) is 16.0. The fourth-order valence-corrected chi connectivity index (χ4v) is 3.98. The number of fused-ring (bicyclic) bond motifs is 1. The molecule has 0 aliphatic carbocycles. The molecule has 146 valence electrons. The lowest BCUT2D eigenvalue weighted by Gasteiger charge is -2.37. The van der Waals surface area contributed by atoms with Gasteiger partial charge in [0.1, 0.15) is 6.33 Å². The summed E-state index contributed by atoms with van der Waals surface area (Å²) in [5, 5.41) is 4.13. The van der Waals surface area contributed by atoms with Gasteiger partial charge in [-0.05, 0) is 39.0 Å². The minimum atomic E-state index is -2.98. The van der Waals surface area contributed by atoms with Crippen molar-refractivity contribution in [1.82, 2.24) is 24.5 Å². The summed E-state index contributed by atoms with van der Waals surface area (Å²) in [5.74, 6) is -3.56. The summed E-state index contributed by atoms with van der Waals surface area (Å²) in [6, 6.07) is 7.17. The van der Waals surface area contributed by atoms with Crippen LogP contribution < -0.4 is 0 Å². The summed E-state index contributed by atoms with van der Waals surface area (Å²) in [5.41, 5.74) is 3.57. The fourth-order valence-electron chi connectivity index (χ4n) is 3.98. The number of nitrogens with zero attached hydrogens (tertiary/aromatic N) is 5. The number of halogens is 2. The summed E-state index contributed by atoms with van der Waals surface area (Å²) in [7, 11) is 0. The van der Waals surface area contributed by atoms with Crippen LogP contribution in [0.4, 0.5) is 8.78 Å². The molecule has 1 amide bonds. The van der Waals surface area contributed by atoms with E-state index >= 15 is 0 Å². The molecule has 8 heteroatoms. The van der Waals surface area contributed by atoms with Gasteiger partial charge in [0.15, 0.2) is 0 Å². The van der Waals surface area contributed by atoms with Gasteiger partial charge in [0, 0.05) is 30.1 Å². The number of hydrogen-bond donors (Lipinski definition) is 0. The van der Waals surface area contributed by atoms with E-state index in [1.165, 1.54) is 15.7 Å². The van der Waals surface area contributed by atoms with E-state index < -0.39 is 18.4 Å². The molecule has 1 aromatic carbocycles. The molecule has 0 bridgehead atoms. The van der Waals surface area contributed by atoms with Gasteiger partial charge in [0.05, 0.1) is 12.2 Å². The molecular formula is C20H21F2N5O. The Morgan fingerprint density at radius 3 is 2.57 bits per heavy atom. The molecule has 1 aliphatic heterocycles. The number of carbonyl (C=O) groups is 1. The Labute approximate surface area is 161 Å². The zero-order chi connectivity index (χ0) is 20.1. The highest BCUT2D eigenvalue weighted by Gasteiger charge is 2.43. The van der Waals surface area contributed by atoms with E-state index in [0.29, 0.717) is 22.7 Å². The van der Waals surface area contributed by atoms with Gasteiger partial charge in [-0.1, -0.05) is 17.2 Å². The average molecular weight is 385 g/mol. The second-order valence-electron chi connectivity index (χ2n) is 7.61. The van der Waals surface area contributed by atoms with E-state index in [9.17, 15) is 13.6 Å². The number of piperidine rings is 1. The Bertz CT molecular complexity index is 1040. The Balaban J connectivity index is 1.71. The van der Waals surface area contributed by atoms with Crippen LogP contribution in [0.25, 0.3) is 5.78 Å². The van der Waals surface area contributed by atoms with Crippen molar-refractivity contribution in [2.75, 3.05) is 13.1 Å². The van der Waals surface area contributed by atoms with Gasteiger partial charge in [-0.3, -0.25) is 4.79 Å². The van der Waals surface area contributed by atoms with E-state index in [-0.39, 0.29) is 18.9 Å². The number of hydrogen-bond acceptors (Lipinski definition) is 4. The summed E-state index contributed by atoms with van der Waals surface area (Å²) in [4.78, 5) is 22.6. The van der Waals surface area contributed by atoms with E-state index in [1.807, 2.05) is 19.9 Å². The molecule has 0 saturated carbocycles. The molecule has 1 unspecified atom stereocenters. The van der Waals surface area contributed by atoms with Gasteiger partial charge in [-0.15, -0.1) is 0 Å². The predicted molar refractivity (Wildman–Crippen MR) is 99.6 cm³/mol. The minimum Gasteiger partial charge on any atom is -0.332 e. The Hall–Kier alpha value is -2.90. The average Bonchev–Trinajstić information content (AvgIpc) is 3.06. The molecule has 0 radical (unpaired) electrons. The molecule has 1 aliphatic rings. The highest BCUT2D eigenvalue weighted by atomic mass is 19.3. The number of likely N-dealkylation sites (tertiary alicyclic amines) is 1. The number of carbonyl (C=O) groups excluding carboxylic acids is 1. The third kappa shape index (κ3) is 3.46. The fraction of sp³-hybridized carbons (Fsp3) is 0.400. The number of alkyl halides is 2. The highest BCUT2D eigenvalue weighted by Crippen LogP contribution is 2.37. The van der Waals surface area contributed by atoms with Crippen molar-refractivity contribution >= 4 is 11.7 Å². The molecule has 3 aromatic rings. The predicted octanol–water partition coefficient (Wildman–Crippen LogP) is 3.31. The first-order chi connectivity index (χ1) is 13.2. The van der Waals surface area contributed by atoms with Gasteiger partial charge in [0.25, 0.3) is 17.6 Å². The Morgan fingerprint density at radius 1 is 1.14 bits per heavy atom. The first kappa shape index (κ1) is 18.5. The molecule has 4 rings (SSSR count). The van der Waals surface area contributed by atoms with Crippen molar-refractivity contribution < 1.29 is 13.6 Å². The lowest BCUT2D eigenvalue weighted by Crippen LogP contribution is -2.49. The van der Waals surface area contributed by atoms with Crippen LogP contribution in [0.2, 0.25) is 0 Å². The molecule has 1 fully saturated rings. The van der Waals surface area contributed by atoms with Crippen molar-refractivity contribution in [2.24, 2.45) is 0 Å². The molecule has 3 heterocycles. The third-order valence-corrected chi connectivity index (χ3v) is 4.99. The van der Waals surface area contributed by atoms with Crippen LogP contribution in [0.5, 0.6) is 0 Å². The first-order valence-electron chi connectivity index (χ1n) is 9.14. The van der Waals surface area contributed by atoms with Gasteiger partial charge in [0.2, 0.25) is 0 Å². The summed E-state index contributed by atoms with van der Waals surface area (Å²) in [6.45, 7) is 5.18. The summed E-state index contributed by atoms with van der Waals surface area (Å²) < 4.78 is 30.7. The van der Waals surface area contributed by atoms with Crippen molar-refractivity contribution in [3.63, 3.8) is 0 Å². The van der Waals surface area contributed by atoms with Crippen LogP contribution in [0, 0.1) is 20.8 Å². The summed E-state index contributed by atoms with van der Waals surface area (Å²) >= 11 is 0. The van der Waals surface area contributed by atoms with Crippen LogP contribution in [0.3, 0.4) is 0 Å². The van der Waals surface area contributed by atoms with Gasteiger partial charge < -0.3 is 4.90 Å². The number of rotatable bonds is 2. The highest BCUT2D eigenvalue weighted by molar-refractivity contribution is 5.94. The van der Waals surface area contributed by atoms with E-state index in [2.05, 4.69) is 15.1 Å². The van der Waals surface area contributed by atoms with E-state index in [0.717, 1.165) is 11.1 Å². The van der Waals surface area contributed by atoms with Gasteiger partial charge in [-0.25, -0.2) is 18.3 Å². The largest absolute Gasteiger partial charge is 0.332 e. The first-order valence-corrected chi connectivity index (χ1v) is 9.14. The SMILES string of the molecule is Cc1cc(C)cc(C(=O)N2CC(c3cc(C)nc4ncnn34)CC(F)(F)C2)c1. The lowest BCUT2D eigenvalue weighted by atomic mass is 9.91. The quantitative estimate of drug-likeness (QED) is 0.679. The second kappa shape index (κ2) is 6.61. The monoisotopic (exact) mass is 385 g/mol. The Kier molecular flexibility index (Phi) is 4.36. The van der Waals surface area contributed by atoms with Gasteiger partial charge in [-0.2, -0.15) is 10.1 Å².